The van der Waals surface area contributed by atoms with Gasteiger partial charge in [-0.1, -0.05) is 22.0 Å². The van der Waals surface area contributed by atoms with Crippen molar-refractivity contribution in [3.05, 3.63) is 34.1 Å². The van der Waals surface area contributed by atoms with Gasteiger partial charge in [0.2, 0.25) is 0 Å². The summed E-state index contributed by atoms with van der Waals surface area (Å²) in [4.78, 5) is 13.8. The van der Waals surface area contributed by atoms with Gasteiger partial charge in [-0.15, -0.1) is 0 Å². The Bertz CT molecular complexity index is 588. The maximum Gasteiger partial charge on any atom is 0.410 e. The fraction of sp³-hybridized carbons (Fsp3) is 0.588. The van der Waals surface area contributed by atoms with E-state index >= 15 is 0 Å². The molecule has 0 aliphatic carbocycles. The molecule has 1 atom stereocenters. The van der Waals surface area contributed by atoms with Crippen LogP contribution in [0, 0.1) is 5.82 Å². The lowest BCUT2D eigenvalue weighted by Gasteiger charge is -2.27. The Hall–Kier alpha value is -1.14. The molecular formula is C17H23BrFNO3. The Morgan fingerprint density at radius 2 is 2.13 bits per heavy atom. The van der Waals surface area contributed by atoms with E-state index in [1.54, 1.807) is 11.0 Å². The fourth-order valence-corrected chi connectivity index (χ4v) is 2.89. The van der Waals surface area contributed by atoms with Crippen molar-refractivity contribution in [2.24, 2.45) is 0 Å². The lowest BCUT2D eigenvalue weighted by atomic mass is 10.1. The summed E-state index contributed by atoms with van der Waals surface area (Å²) in [6.07, 6.45) is 0.429. The molecule has 0 radical (unpaired) electrons. The van der Waals surface area contributed by atoms with Crippen LogP contribution in [0.2, 0.25) is 0 Å². The Morgan fingerprint density at radius 3 is 2.74 bits per heavy atom. The van der Waals surface area contributed by atoms with Crippen molar-refractivity contribution < 1.29 is 18.7 Å². The van der Waals surface area contributed by atoms with E-state index in [-0.39, 0.29) is 11.9 Å². The van der Waals surface area contributed by atoms with Crippen molar-refractivity contribution in [1.82, 2.24) is 4.90 Å². The Labute approximate surface area is 145 Å². The van der Waals surface area contributed by atoms with E-state index in [1.165, 1.54) is 12.1 Å². The van der Waals surface area contributed by atoms with Gasteiger partial charge in [-0.25, -0.2) is 9.18 Å². The lowest BCUT2D eigenvalue weighted by Crippen LogP contribution is -2.39. The van der Waals surface area contributed by atoms with Gasteiger partial charge < -0.3 is 14.4 Å². The van der Waals surface area contributed by atoms with Crippen molar-refractivity contribution in [1.29, 1.82) is 0 Å². The molecule has 4 nitrogen and oxygen atoms in total. The number of amides is 1. The van der Waals surface area contributed by atoms with Crippen LogP contribution in [0.25, 0.3) is 0 Å². The van der Waals surface area contributed by atoms with E-state index in [9.17, 15) is 9.18 Å². The van der Waals surface area contributed by atoms with Crippen molar-refractivity contribution in [3.63, 3.8) is 0 Å². The zero-order chi connectivity index (χ0) is 17.3. The molecule has 1 aromatic rings. The number of rotatable bonds is 3. The minimum Gasteiger partial charge on any atom is -0.444 e. The van der Waals surface area contributed by atoms with Gasteiger partial charge in [0.1, 0.15) is 11.4 Å². The third-order valence-electron chi connectivity index (χ3n) is 3.68. The lowest BCUT2D eigenvalue weighted by molar-refractivity contribution is -0.0376. The van der Waals surface area contributed by atoms with Crippen LogP contribution in [-0.4, -0.2) is 35.3 Å². The van der Waals surface area contributed by atoms with Crippen LogP contribution in [0.3, 0.4) is 0 Å². The van der Waals surface area contributed by atoms with E-state index < -0.39 is 11.2 Å². The molecule has 0 saturated carbocycles. The van der Waals surface area contributed by atoms with Crippen molar-refractivity contribution in [3.8, 4) is 0 Å². The quantitative estimate of drug-likeness (QED) is 0.765. The molecule has 2 rings (SSSR count). The van der Waals surface area contributed by atoms with Crippen LogP contribution >= 0.6 is 15.9 Å². The minimum absolute atomic E-state index is 0.288. The molecule has 1 aromatic carbocycles. The highest BCUT2D eigenvalue weighted by Gasteiger charge is 2.38. The molecule has 1 aliphatic heterocycles. The number of nitrogens with zero attached hydrogens (tertiary/aromatic N) is 1. The highest BCUT2D eigenvalue weighted by atomic mass is 79.9. The monoisotopic (exact) mass is 387 g/mol. The molecule has 6 heteroatoms. The zero-order valence-corrected chi connectivity index (χ0v) is 15.6. The number of likely N-dealkylation sites (tertiary alicyclic amines) is 1. The summed E-state index contributed by atoms with van der Waals surface area (Å²) in [5.41, 5.74) is -0.0518. The molecule has 1 amide bonds. The summed E-state index contributed by atoms with van der Waals surface area (Å²) in [5.74, 6) is -0.288. The van der Waals surface area contributed by atoms with Gasteiger partial charge in [-0.05, 0) is 51.8 Å². The largest absolute Gasteiger partial charge is 0.444 e. The Balaban J connectivity index is 1.92. The van der Waals surface area contributed by atoms with Crippen LogP contribution in [-0.2, 0) is 16.1 Å². The predicted molar refractivity (Wildman–Crippen MR) is 89.7 cm³/mol. The number of carbonyl (C=O) groups is 1. The normalized spacial score (nSPS) is 21.6. The predicted octanol–water partition coefficient (Wildman–Crippen LogP) is 4.50. The summed E-state index contributed by atoms with van der Waals surface area (Å²) in [6.45, 7) is 8.99. The zero-order valence-electron chi connectivity index (χ0n) is 14.0. The minimum atomic E-state index is -0.504. The van der Waals surface area contributed by atoms with Gasteiger partial charge in [0.25, 0.3) is 0 Å². The number of hydrogen-bond donors (Lipinski definition) is 0. The molecule has 1 aliphatic rings. The van der Waals surface area contributed by atoms with Crippen LogP contribution in [0.4, 0.5) is 9.18 Å². The van der Waals surface area contributed by atoms with Crippen molar-refractivity contribution in [2.45, 2.75) is 51.9 Å². The second kappa shape index (κ2) is 6.77. The third-order valence-corrected chi connectivity index (χ3v) is 4.42. The highest BCUT2D eigenvalue weighted by molar-refractivity contribution is 9.10. The smallest absolute Gasteiger partial charge is 0.410 e. The molecule has 1 saturated heterocycles. The number of hydrogen-bond acceptors (Lipinski definition) is 3. The molecule has 1 unspecified atom stereocenters. The van der Waals surface area contributed by atoms with Gasteiger partial charge in [0.05, 0.1) is 18.8 Å². The number of benzene rings is 1. The highest BCUT2D eigenvalue weighted by Crippen LogP contribution is 2.29. The van der Waals surface area contributed by atoms with Gasteiger partial charge >= 0.3 is 6.09 Å². The molecule has 0 spiro atoms. The van der Waals surface area contributed by atoms with Gasteiger partial charge in [-0.3, -0.25) is 0 Å². The molecule has 0 bridgehead atoms. The van der Waals surface area contributed by atoms with Crippen LogP contribution in [0.15, 0.2) is 22.7 Å². The SMILES string of the molecule is CC(C)(C)OC(=O)N1CCC(C)(OCc2ccc(F)cc2Br)C1. The second-order valence-electron chi connectivity index (χ2n) is 7.13. The molecular weight excluding hydrogens is 365 g/mol. The van der Waals surface area contributed by atoms with E-state index in [1.807, 2.05) is 27.7 Å². The topological polar surface area (TPSA) is 38.8 Å². The van der Waals surface area contributed by atoms with Crippen molar-refractivity contribution in [2.75, 3.05) is 13.1 Å². The molecule has 1 fully saturated rings. The Kier molecular flexibility index (Phi) is 5.36. The first-order chi connectivity index (χ1) is 10.6. The number of ether oxygens (including phenoxy) is 2. The maximum atomic E-state index is 13.1. The average molecular weight is 388 g/mol. The molecule has 23 heavy (non-hydrogen) atoms. The first-order valence-electron chi connectivity index (χ1n) is 7.64. The van der Waals surface area contributed by atoms with E-state index in [4.69, 9.17) is 9.47 Å². The van der Waals surface area contributed by atoms with Gasteiger partial charge in [0, 0.05) is 11.0 Å². The van der Waals surface area contributed by atoms with E-state index in [0.717, 1.165) is 12.0 Å². The standard InChI is InChI=1S/C17H23BrFNO3/c1-16(2,3)23-15(21)20-8-7-17(4,11-20)22-10-12-5-6-13(19)9-14(12)18/h5-6,9H,7-8,10-11H2,1-4H3. The van der Waals surface area contributed by atoms with Crippen molar-refractivity contribution >= 4 is 22.0 Å². The summed E-state index contributed by atoms with van der Waals surface area (Å²) in [6, 6.07) is 4.53. The van der Waals surface area contributed by atoms with Gasteiger partial charge in [0.15, 0.2) is 0 Å². The molecule has 0 N–H and O–H groups in total. The molecule has 1 heterocycles. The molecule has 128 valence electrons. The number of carbonyl (C=O) groups excluding carboxylic acids is 1. The van der Waals surface area contributed by atoms with Crippen LogP contribution in [0.5, 0.6) is 0 Å². The number of halogens is 2. The second-order valence-corrected chi connectivity index (χ2v) is 7.98. The summed E-state index contributed by atoms with van der Waals surface area (Å²) in [5, 5.41) is 0. The Morgan fingerprint density at radius 1 is 1.43 bits per heavy atom. The molecule has 0 aromatic heterocycles. The maximum absolute atomic E-state index is 13.1. The first kappa shape index (κ1) is 18.2. The van der Waals surface area contributed by atoms with Crippen LogP contribution in [0.1, 0.15) is 39.7 Å². The van der Waals surface area contributed by atoms with E-state index in [2.05, 4.69) is 15.9 Å². The van der Waals surface area contributed by atoms with E-state index in [0.29, 0.717) is 24.2 Å². The average Bonchev–Trinajstić information content (AvgIpc) is 2.79. The van der Waals surface area contributed by atoms with Gasteiger partial charge in [-0.2, -0.15) is 0 Å². The summed E-state index contributed by atoms with van der Waals surface area (Å²) in [7, 11) is 0. The first-order valence-corrected chi connectivity index (χ1v) is 8.43. The summed E-state index contributed by atoms with van der Waals surface area (Å²) >= 11 is 3.34. The van der Waals surface area contributed by atoms with Crippen LogP contribution < -0.4 is 0 Å². The third kappa shape index (κ3) is 5.18. The summed E-state index contributed by atoms with van der Waals surface area (Å²) < 4.78 is 25.2. The fourth-order valence-electron chi connectivity index (χ4n) is 2.42.